The van der Waals surface area contributed by atoms with Gasteiger partial charge in [-0.25, -0.2) is 8.42 Å². The van der Waals surface area contributed by atoms with E-state index in [4.69, 9.17) is 23.2 Å². The molecule has 1 N–H and O–H groups in total. The molecule has 0 radical (unpaired) electrons. The Hall–Kier alpha value is -3.07. The Morgan fingerprint density at radius 2 is 1.53 bits per heavy atom. The van der Waals surface area contributed by atoms with Gasteiger partial charge in [0.15, 0.2) is 0 Å². The Morgan fingerprint density at radius 3 is 2.08 bits per heavy atom. The SMILES string of the molecule is CC(C)NC(=O)C(Cc1ccccc1)N(Cc1ccc(Cl)cc1Cl)C(=O)CN(c1ccccc1)S(C)(=O)=O. The zero-order valence-electron chi connectivity index (χ0n) is 21.5. The van der Waals surface area contributed by atoms with Crippen molar-refractivity contribution in [1.82, 2.24) is 10.2 Å². The largest absolute Gasteiger partial charge is 0.352 e. The van der Waals surface area contributed by atoms with Gasteiger partial charge in [-0.1, -0.05) is 77.8 Å². The summed E-state index contributed by atoms with van der Waals surface area (Å²) >= 11 is 12.5. The fourth-order valence-corrected chi connectivity index (χ4v) is 5.29. The molecule has 1 unspecified atom stereocenters. The lowest BCUT2D eigenvalue weighted by molar-refractivity contribution is -0.140. The summed E-state index contributed by atoms with van der Waals surface area (Å²) in [6.07, 6.45) is 1.27. The van der Waals surface area contributed by atoms with Crippen LogP contribution in [0.2, 0.25) is 10.0 Å². The zero-order valence-corrected chi connectivity index (χ0v) is 23.8. The molecule has 0 saturated heterocycles. The minimum Gasteiger partial charge on any atom is -0.352 e. The van der Waals surface area contributed by atoms with Crippen molar-refractivity contribution in [3.05, 3.63) is 100 Å². The van der Waals surface area contributed by atoms with Gasteiger partial charge in [0.1, 0.15) is 12.6 Å². The number of hydrogen-bond donors (Lipinski definition) is 1. The number of hydrogen-bond acceptors (Lipinski definition) is 4. The van der Waals surface area contributed by atoms with E-state index in [1.165, 1.54) is 4.90 Å². The molecule has 0 aliphatic carbocycles. The topological polar surface area (TPSA) is 86.8 Å². The van der Waals surface area contributed by atoms with Crippen LogP contribution in [-0.2, 0) is 32.6 Å². The first-order valence-electron chi connectivity index (χ1n) is 12.1. The molecule has 0 heterocycles. The first-order chi connectivity index (χ1) is 18.0. The van der Waals surface area contributed by atoms with Gasteiger partial charge >= 0.3 is 0 Å². The van der Waals surface area contributed by atoms with E-state index in [0.717, 1.165) is 16.1 Å². The number of nitrogens with zero attached hydrogens (tertiary/aromatic N) is 2. The van der Waals surface area contributed by atoms with Crippen LogP contribution >= 0.6 is 23.2 Å². The Labute approximate surface area is 234 Å². The summed E-state index contributed by atoms with van der Waals surface area (Å²) in [4.78, 5) is 28.8. The van der Waals surface area contributed by atoms with Gasteiger partial charge in [-0.15, -0.1) is 0 Å². The van der Waals surface area contributed by atoms with E-state index < -0.39 is 28.5 Å². The highest BCUT2D eigenvalue weighted by Crippen LogP contribution is 2.25. The summed E-state index contributed by atoms with van der Waals surface area (Å²) in [7, 11) is -3.82. The van der Waals surface area contributed by atoms with Gasteiger partial charge in [-0.05, 0) is 49.2 Å². The molecule has 0 fully saturated rings. The van der Waals surface area contributed by atoms with Crippen molar-refractivity contribution >= 4 is 50.7 Å². The van der Waals surface area contributed by atoms with Crippen molar-refractivity contribution in [2.24, 2.45) is 0 Å². The van der Waals surface area contributed by atoms with Gasteiger partial charge in [0.25, 0.3) is 0 Å². The van der Waals surface area contributed by atoms with Gasteiger partial charge in [0.2, 0.25) is 21.8 Å². The summed E-state index contributed by atoms with van der Waals surface area (Å²) in [5.74, 6) is -0.905. The molecule has 38 heavy (non-hydrogen) atoms. The molecule has 0 aromatic heterocycles. The maximum absolute atomic E-state index is 13.9. The van der Waals surface area contributed by atoms with Gasteiger partial charge in [-0.3, -0.25) is 13.9 Å². The third-order valence-electron chi connectivity index (χ3n) is 5.78. The average Bonchev–Trinajstić information content (AvgIpc) is 2.85. The number of rotatable bonds is 11. The van der Waals surface area contributed by atoms with Crippen molar-refractivity contribution in [1.29, 1.82) is 0 Å². The Bertz CT molecular complexity index is 1350. The van der Waals surface area contributed by atoms with Gasteiger partial charge < -0.3 is 10.2 Å². The molecule has 2 amide bonds. The molecule has 202 valence electrons. The second-order valence-corrected chi connectivity index (χ2v) is 12.0. The van der Waals surface area contributed by atoms with E-state index in [-0.39, 0.29) is 24.9 Å². The molecule has 0 saturated carbocycles. The molecule has 0 aliphatic heterocycles. The molecule has 3 aromatic rings. The summed E-state index contributed by atoms with van der Waals surface area (Å²) in [5.41, 5.74) is 1.77. The van der Waals surface area contributed by atoms with E-state index in [1.807, 2.05) is 44.2 Å². The van der Waals surface area contributed by atoms with Crippen LogP contribution in [0.1, 0.15) is 25.0 Å². The van der Waals surface area contributed by atoms with Crippen LogP contribution in [0.3, 0.4) is 0 Å². The number of anilines is 1. The van der Waals surface area contributed by atoms with Crippen molar-refractivity contribution in [3.8, 4) is 0 Å². The number of amides is 2. The standard InChI is InChI=1S/C28H31Cl2N3O4S/c1-20(2)31-28(35)26(16-21-10-6-4-7-11-21)32(18-22-14-15-23(29)17-25(22)30)27(34)19-33(38(3,36)37)24-12-8-5-9-13-24/h4-15,17,20,26H,16,18-19H2,1-3H3,(H,31,35). The third kappa shape index (κ3) is 8.21. The second-order valence-electron chi connectivity index (χ2n) is 9.23. The van der Waals surface area contributed by atoms with Crippen molar-refractivity contribution in [2.45, 2.75) is 38.9 Å². The van der Waals surface area contributed by atoms with Crippen LogP contribution in [0.4, 0.5) is 5.69 Å². The Balaban J connectivity index is 2.07. The number of para-hydroxylation sites is 1. The van der Waals surface area contributed by atoms with Crippen molar-refractivity contribution < 1.29 is 18.0 Å². The Kier molecular flexibility index (Phi) is 10.2. The zero-order chi connectivity index (χ0) is 27.9. The van der Waals surface area contributed by atoms with Crippen LogP contribution in [0.15, 0.2) is 78.9 Å². The summed E-state index contributed by atoms with van der Waals surface area (Å²) in [6.45, 7) is 3.15. The van der Waals surface area contributed by atoms with Crippen molar-refractivity contribution in [2.75, 3.05) is 17.1 Å². The highest BCUT2D eigenvalue weighted by Gasteiger charge is 2.33. The first kappa shape index (κ1) is 29.5. The maximum atomic E-state index is 13.9. The molecule has 0 bridgehead atoms. The number of halogens is 2. The minimum absolute atomic E-state index is 0.0236. The highest BCUT2D eigenvalue weighted by molar-refractivity contribution is 7.92. The molecule has 7 nitrogen and oxygen atoms in total. The molecule has 3 aromatic carbocycles. The number of benzene rings is 3. The molecule has 1 atom stereocenters. The normalized spacial score (nSPS) is 12.2. The minimum atomic E-state index is -3.82. The van der Waals surface area contributed by atoms with E-state index in [2.05, 4.69) is 5.32 Å². The molecule has 0 spiro atoms. The fourth-order valence-electron chi connectivity index (χ4n) is 3.98. The molecular formula is C28H31Cl2N3O4S. The monoisotopic (exact) mass is 575 g/mol. The van der Waals surface area contributed by atoms with Gasteiger partial charge in [0, 0.05) is 29.1 Å². The maximum Gasteiger partial charge on any atom is 0.244 e. The lowest BCUT2D eigenvalue weighted by Gasteiger charge is -2.34. The van der Waals surface area contributed by atoms with Crippen LogP contribution in [0.5, 0.6) is 0 Å². The molecule has 0 aliphatic rings. The lowest BCUT2D eigenvalue weighted by Crippen LogP contribution is -2.54. The van der Waals surface area contributed by atoms with Crippen LogP contribution < -0.4 is 9.62 Å². The summed E-state index contributed by atoms with van der Waals surface area (Å²) in [5, 5.41) is 3.67. The molecule has 3 rings (SSSR count). The van der Waals surface area contributed by atoms with Crippen LogP contribution in [-0.4, -0.2) is 50.0 Å². The summed E-state index contributed by atoms with van der Waals surface area (Å²) < 4.78 is 26.5. The summed E-state index contributed by atoms with van der Waals surface area (Å²) in [6, 6.07) is 21.5. The van der Waals surface area contributed by atoms with E-state index in [9.17, 15) is 18.0 Å². The number of carbonyl (C=O) groups excluding carboxylic acids is 2. The smallest absolute Gasteiger partial charge is 0.244 e. The van der Waals surface area contributed by atoms with Crippen LogP contribution in [0.25, 0.3) is 0 Å². The predicted molar refractivity (Wildman–Crippen MR) is 153 cm³/mol. The van der Waals surface area contributed by atoms with E-state index in [1.54, 1.807) is 48.5 Å². The average molecular weight is 577 g/mol. The quantitative estimate of drug-likeness (QED) is 0.351. The van der Waals surface area contributed by atoms with E-state index >= 15 is 0 Å². The Morgan fingerprint density at radius 1 is 0.921 bits per heavy atom. The highest BCUT2D eigenvalue weighted by atomic mass is 35.5. The van der Waals surface area contributed by atoms with Gasteiger partial charge in [0.05, 0.1) is 11.9 Å². The predicted octanol–water partition coefficient (Wildman–Crippen LogP) is 4.92. The lowest BCUT2D eigenvalue weighted by atomic mass is 10.0. The fraction of sp³-hybridized carbons (Fsp3) is 0.286. The second kappa shape index (κ2) is 13.1. The number of nitrogens with one attached hydrogen (secondary N) is 1. The third-order valence-corrected chi connectivity index (χ3v) is 7.51. The number of sulfonamides is 1. The molecule has 10 heteroatoms. The van der Waals surface area contributed by atoms with E-state index in [0.29, 0.717) is 21.3 Å². The van der Waals surface area contributed by atoms with Crippen LogP contribution in [0, 0.1) is 0 Å². The first-order valence-corrected chi connectivity index (χ1v) is 14.7. The number of carbonyl (C=O) groups is 2. The van der Waals surface area contributed by atoms with Crippen molar-refractivity contribution in [3.63, 3.8) is 0 Å². The molecular weight excluding hydrogens is 545 g/mol. The van der Waals surface area contributed by atoms with Gasteiger partial charge in [-0.2, -0.15) is 0 Å².